The normalized spacial score (nSPS) is 16.5. The van der Waals surface area contributed by atoms with Gasteiger partial charge in [-0.25, -0.2) is 9.59 Å². The second-order valence-electron chi connectivity index (χ2n) is 15.2. The molecule has 2 aromatic carbocycles. The third-order valence-electron chi connectivity index (χ3n) is 11.3. The molecule has 1 fully saturated rings. The topological polar surface area (TPSA) is 152 Å². The quantitative estimate of drug-likeness (QED) is 0.0506. The Labute approximate surface area is 339 Å². The molecule has 0 spiro atoms. The lowest BCUT2D eigenvalue weighted by molar-refractivity contribution is 0.0592. The van der Waals surface area contributed by atoms with Crippen molar-refractivity contribution in [3.63, 3.8) is 0 Å². The molecule has 2 atom stereocenters. The van der Waals surface area contributed by atoms with E-state index in [-0.39, 0.29) is 0 Å². The van der Waals surface area contributed by atoms with Gasteiger partial charge < -0.3 is 40.0 Å². The van der Waals surface area contributed by atoms with Crippen LogP contribution in [0.15, 0.2) is 96.3 Å². The van der Waals surface area contributed by atoms with Crippen molar-refractivity contribution >= 4 is 34.2 Å². The number of fused-ring (bicyclic) bond motifs is 8. The molecule has 5 heterocycles. The first-order valence-electron chi connectivity index (χ1n) is 20.6. The number of esters is 2. The highest BCUT2D eigenvalue weighted by Gasteiger charge is 2.37. The molecule has 2 aliphatic heterocycles. The van der Waals surface area contributed by atoms with Gasteiger partial charge in [0, 0.05) is 44.6 Å². The van der Waals surface area contributed by atoms with Crippen LogP contribution in [0.3, 0.4) is 0 Å². The predicted molar refractivity (Wildman–Crippen MR) is 227 cm³/mol. The van der Waals surface area contributed by atoms with Crippen LogP contribution in [0.4, 0.5) is 0 Å². The van der Waals surface area contributed by atoms with Gasteiger partial charge in [-0.3, -0.25) is 0 Å². The Hall–Kier alpha value is -5.84. The summed E-state index contributed by atoms with van der Waals surface area (Å²) >= 11 is 0. The van der Waals surface area contributed by atoms with Gasteiger partial charge in [0.05, 0.1) is 36.7 Å². The van der Waals surface area contributed by atoms with Crippen LogP contribution in [-0.2, 0) is 9.47 Å². The number of aliphatic hydroxyl groups is 2. The van der Waals surface area contributed by atoms with Gasteiger partial charge in [-0.15, -0.1) is 0 Å². The molecule has 8 bridgehead atoms. The Bertz CT molecular complexity index is 2280. The molecular weight excluding hydrogens is 729 g/mol. The lowest BCUT2D eigenvalue weighted by Gasteiger charge is -2.15. The maximum atomic E-state index is 12.4. The Morgan fingerprint density at radius 1 is 0.517 bits per heavy atom. The average Bonchev–Trinajstić information content (AvgIpc) is 4.08. The van der Waals surface area contributed by atoms with Crippen LogP contribution in [0, 0.1) is 0 Å². The van der Waals surface area contributed by atoms with Gasteiger partial charge in [-0.2, -0.15) is 0 Å². The fourth-order valence-corrected chi connectivity index (χ4v) is 8.22. The average molecular weight is 783 g/mol. The zero-order valence-electron chi connectivity index (χ0n) is 33.8. The Balaban J connectivity index is 1.52. The van der Waals surface area contributed by atoms with Crippen LogP contribution in [-0.4, -0.2) is 63.5 Å². The van der Waals surface area contributed by atoms with Crippen LogP contribution in [0.2, 0.25) is 0 Å². The summed E-state index contributed by atoms with van der Waals surface area (Å²) in [6, 6.07) is 27.0. The first kappa shape index (κ1) is 40.4. The molecule has 3 aromatic heterocycles. The second kappa shape index (κ2) is 18.2. The van der Waals surface area contributed by atoms with Gasteiger partial charge >= 0.3 is 11.9 Å². The summed E-state index contributed by atoms with van der Waals surface area (Å²) < 4.78 is 9.97. The van der Waals surface area contributed by atoms with Crippen LogP contribution in [0.1, 0.15) is 133 Å². The largest absolute Gasteiger partial charge is 0.465 e. The number of benzene rings is 2. The summed E-state index contributed by atoms with van der Waals surface area (Å²) in [5.41, 5.74) is 10.8. The van der Waals surface area contributed by atoms with Crippen LogP contribution < -0.4 is 16.0 Å². The molecule has 0 saturated carbocycles. The summed E-state index contributed by atoms with van der Waals surface area (Å²) in [7, 11) is 2.74. The molecule has 10 nitrogen and oxygen atoms in total. The van der Waals surface area contributed by atoms with Crippen molar-refractivity contribution < 1.29 is 29.3 Å². The second-order valence-corrected chi connectivity index (χ2v) is 15.2. The molecule has 0 aliphatic carbocycles. The highest BCUT2D eigenvalue weighted by molar-refractivity contribution is 5.91. The zero-order chi connectivity index (χ0) is 40.8. The summed E-state index contributed by atoms with van der Waals surface area (Å²) in [5.74, 6) is -0.827. The number of H-pyrrole nitrogens is 3. The van der Waals surface area contributed by atoms with E-state index in [1.807, 2.05) is 48.5 Å². The standard InChI is InChI=1S/C48H54N4O6/c1-5-7-9-11-13-33-35-23-25-37(49-35)41(29-15-19-31(20-16-29)47(55)57-3)39-27-28-40(51-39)42(30-17-21-32(22-18-30)48(56)58-4)38-26-24-36(50-38)34(14-12-10-8-6-2)44-46(54)45(53)43(33)52-44/h15-28,45-46,49-54H,5-14H2,1-4H3/t45-,46+. The Morgan fingerprint density at radius 3 is 1.29 bits per heavy atom. The lowest BCUT2D eigenvalue weighted by atomic mass is 9.98. The number of nitrogens with one attached hydrogen (secondary N) is 4. The van der Waals surface area contributed by atoms with Gasteiger partial charge in [-0.05, 0) is 109 Å². The first-order chi connectivity index (χ1) is 28.3. The molecule has 2 aliphatic rings. The molecular formula is C48H54N4O6. The number of carbonyl (C=O) groups is 2. The molecule has 0 radical (unpaired) electrons. The maximum Gasteiger partial charge on any atom is 0.337 e. The zero-order valence-corrected chi connectivity index (χ0v) is 33.8. The van der Waals surface area contributed by atoms with Gasteiger partial charge in [0.1, 0.15) is 12.2 Å². The van der Waals surface area contributed by atoms with Gasteiger partial charge in [-0.1, -0.05) is 76.6 Å². The van der Waals surface area contributed by atoms with Gasteiger partial charge in [0.25, 0.3) is 0 Å². The molecule has 5 aromatic rings. The molecule has 6 N–H and O–H groups in total. The minimum atomic E-state index is -1.14. The number of allylic oxidation sites excluding steroid dienone is 2. The highest BCUT2D eigenvalue weighted by Crippen LogP contribution is 2.37. The SMILES string of the molecule is CCCCCCC1=C2NC(=C(CCCCCC)c3ccc([nH]3)C(c3ccc(C(=O)OC)cc3)=c3ccc([nH]3)=C(c3ccc(C(=O)OC)cc3)c3ccc1[nH]3)[C@H](O)[C@@H]2O. The first-order valence-corrected chi connectivity index (χ1v) is 20.6. The van der Waals surface area contributed by atoms with E-state index < -0.39 is 24.1 Å². The van der Waals surface area contributed by atoms with Crippen LogP contribution in [0.25, 0.3) is 22.3 Å². The number of aromatic amines is 3. The van der Waals surface area contributed by atoms with E-state index in [0.717, 1.165) is 118 Å². The number of aliphatic hydroxyl groups excluding tert-OH is 2. The number of rotatable bonds is 14. The number of ether oxygens (including phenoxy) is 2. The van der Waals surface area contributed by atoms with E-state index in [0.29, 0.717) is 35.4 Å². The van der Waals surface area contributed by atoms with Gasteiger partial charge in [0.2, 0.25) is 0 Å². The van der Waals surface area contributed by atoms with Crippen molar-refractivity contribution in [3.05, 3.63) is 152 Å². The molecule has 1 saturated heterocycles. The number of carbonyl (C=O) groups excluding carboxylic acids is 2. The van der Waals surface area contributed by atoms with Crippen molar-refractivity contribution in [2.24, 2.45) is 0 Å². The third kappa shape index (κ3) is 8.26. The lowest BCUT2D eigenvalue weighted by Crippen LogP contribution is -2.22. The van der Waals surface area contributed by atoms with Crippen molar-refractivity contribution in [3.8, 4) is 0 Å². The maximum absolute atomic E-state index is 12.4. The van der Waals surface area contributed by atoms with Crippen molar-refractivity contribution in [2.75, 3.05) is 14.2 Å². The highest BCUT2D eigenvalue weighted by atomic mass is 16.5. The minimum absolute atomic E-state index is 0.414. The Morgan fingerprint density at radius 2 is 0.914 bits per heavy atom. The summed E-state index contributed by atoms with van der Waals surface area (Å²) in [6.45, 7) is 4.38. The fourth-order valence-electron chi connectivity index (χ4n) is 8.22. The number of hydrogen-bond acceptors (Lipinski definition) is 7. The predicted octanol–water partition coefficient (Wildman–Crippen LogP) is 7.44. The van der Waals surface area contributed by atoms with E-state index in [9.17, 15) is 19.8 Å². The van der Waals surface area contributed by atoms with Crippen LogP contribution >= 0.6 is 0 Å². The number of unbranched alkanes of at least 4 members (excludes halogenated alkanes) is 6. The van der Waals surface area contributed by atoms with Crippen molar-refractivity contribution in [1.82, 2.24) is 20.3 Å². The summed E-state index contributed by atoms with van der Waals surface area (Å²) in [4.78, 5) is 36.0. The van der Waals surface area contributed by atoms with E-state index in [1.54, 1.807) is 24.3 Å². The number of hydrogen-bond donors (Lipinski definition) is 6. The van der Waals surface area contributed by atoms with Crippen molar-refractivity contribution in [2.45, 2.75) is 90.3 Å². The minimum Gasteiger partial charge on any atom is -0.465 e. The van der Waals surface area contributed by atoms with E-state index >= 15 is 0 Å². The fraction of sp³-hybridized carbons (Fsp3) is 0.333. The molecule has 10 heteroatoms. The van der Waals surface area contributed by atoms with E-state index in [1.165, 1.54) is 14.2 Å². The number of methoxy groups -OCH3 is 2. The monoisotopic (exact) mass is 782 g/mol. The smallest absolute Gasteiger partial charge is 0.337 e. The molecule has 0 amide bonds. The summed E-state index contributed by atoms with van der Waals surface area (Å²) in [6.07, 6.45) is 7.53. The molecule has 7 rings (SSSR count). The van der Waals surface area contributed by atoms with E-state index in [4.69, 9.17) is 9.47 Å². The molecule has 0 unspecified atom stereocenters. The molecule has 58 heavy (non-hydrogen) atoms. The van der Waals surface area contributed by atoms with E-state index in [2.05, 4.69) is 46.2 Å². The number of aromatic nitrogens is 3. The summed E-state index contributed by atoms with van der Waals surface area (Å²) in [5, 5.41) is 29.0. The third-order valence-corrected chi connectivity index (χ3v) is 11.3. The van der Waals surface area contributed by atoms with Gasteiger partial charge in [0.15, 0.2) is 0 Å². The van der Waals surface area contributed by atoms with Crippen LogP contribution in [0.5, 0.6) is 0 Å². The Kier molecular flexibility index (Phi) is 12.6. The molecule has 302 valence electrons. The van der Waals surface area contributed by atoms with Crippen molar-refractivity contribution in [1.29, 1.82) is 0 Å².